The van der Waals surface area contributed by atoms with E-state index < -0.39 is 18.1 Å². The van der Waals surface area contributed by atoms with Crippen LogP contribution in [0.2, 0.25) is 0 Å². The number of ether oxygens (including phenoxy) is 1. The monoisotopic (exact) mass is 209 g/mol. The summed E-state index contributed by atoms with van der Waals surface area (Å²) in [6.07, 6.45) is -1.37. The average Bonchev–Trinajstić information content (AvgIpc) is 2.15. The second-order valence-corrected chi connectivity index (χ2v) is 3.84. The summed E-state index contributed by atoms with van der Waals surface area (Å²) in [5, 5.41) is 12.6. The van der Waals surface area contributed by atoms with Crippen LogP contribution in [0.5, 0.6) is 0 Å². The fourth-order valence-corrected chi connectivity index (χ4v) is 1.37. The van der Waals surface area contributed by atoms with Crippen LogP contribution in [0.3, 0.4) is 0 Å². The maximum absolute atomic E-state index is 12.1. The summed E-state index contributed by atoms with van der Waals surface area (Å²) in [5.41, 5.74) is -0.874. The van der Waals surface area contributed by atoms with Crippen LogP contribution in [0.1, 0.15) is 19.8 Å². The third kappa shape index (κ3) is 3.48. The molecule has 1 atom stereocenters. The SMILES string of the molecule is CC(NCC1(O)CCOCC1)C(F)F. The molecule has 0 aliphatic carbocycles. The van der Waals surface area contributed by atoms with Gasteiger partial charge in [0.05, 0.1) is 11.6 Å². The first-order valence-corrected chi connectivity index (χ1v) is 4.85. The Hall–Kier alpha value is -0.260. The zero-order chi connectivity index (χ0) is 10.6. The highest BCUT2D eigenvalue weighted by Gasteiger charge is 2.30. The molecule has 1 heterocycles. The van der Waals surface area contributed by atoms with Crippen molar-refractivity contribution in [2.24, 2.45) is 0 Å². The third-order valence-corrected chi connectivity index (χ3v) is 2.55. The average molecular weight is 209 g/mol. The van der Waals surface area contributed by atoms with E-state index in [0.29, 0.717) is 26.1 Å². The van der Waals surface area contributed by atoms with Crippen molar-refractivity contribution in [2.45, 2.75) is 37.8 Å². The smallest absolute Gasteiger partial charge is 0.253 e. The van der Waals surface area contributed by atoms with Crippen molar-refractivity contribution in [1.29, 1.82) is 0 Å². The minimum Gasteiger partial charge on any atom is -0.388 e. The molecule has 0 saturated carbocycles. The standard InChI is InChI=1S/C9H17F2NO2/c1-7(8(10)11)12-6-9(13)2-4-14-5-3-9/h7-8,12-13H,2-6H2,1H3. The lowest BCUT2D eigenvalue weighted by Crippen LogP contribution is -2.48. The van der Waals surface area contributed by atoms with Crippen molar-refractivity contribution in [2.75, 3.05) is 19.8 Å². The molecule has 5 heteroatoms. The number of halogens is 2. The zero-order valence-corrected chi connectivity index (χ0v) is 8.30. The van der Waals surface area contributed by atoms with Gasteiger partial charge < -0.3 is 15.2 Å². The van der Waals surface area contributed by atoms with Crippen molar-refractivity contribution in [3.63, 3.8) is 0 Å². The number of alkyl halides is 2. The summed E-state index contributed by atoms with van der Waals surface area (Å²) < 4.78 is 29.4. The Kier molecular flexibility index (Phi) is 4.22. The van der Waals surface area contributed by atoms with E-state index in [1.165, 1.54) is 6.92 Å². The van der Waals surface area contributed by atoms with E-state index in [1.54, 1.807) is 0 Å². The summed E-state index contributed by atoms with van der Waals surface area (Å²) in [6.45, 7) is 2.62. The predicted molar refractivity (Wildman–Crippen MR) is 48.5 cm³/mol. The van der Waals surface area contributed by atoms with Crippen LogP contribution >= 0.6 is 0 Å². The molecule has 1 saturated heterocycles. The maximum atomic E-state index is 12.1. The van der Waals surface area contributed by atoms with Gasteiger partial charge in [-0.1, -0.05) is 0 Å². The van der Waals surface area contributed by atoms with E-state index in [1.807, 2.05) is 0 Å². The van der Waals surface area contributed by atoms with Gasteiger partial charge in [-0.25, -0.2) is 8.78 Å². The molecule has 1 unspecified atom stereocenters. The fourth-order valence-electron chi connectivity index (χ4n) is 1.37. The Labute approximate surface area is 82.4 Å². The minimum absolute atomic E-state index is 0.210. The number of rotatable bonds is 4. The third-order valence-electron chi connectivity index (χ3n) is 2.55. The molecule has 0 aromatic heterocycles. The lowest BCUT2D eigenvalue weighted by atomic mass is 9.94. The molecule has 0 radical (unpaired) electrons. The van der Waals surface area contributed by atoms with Crippen LogP contribution in [-0.4, -0.2) is 42.9 Å². The van der Waals surface area contributed by atoms with Crippen molar-refractivity contribution < 1.29 is 18.6 Å². The Morgan fingerprint density at radius 2 is 2.00 bits per heavy atom. The number of hydrogen-bond donors (Lipinski definition) is 2. The first-order valence-electron chi connectivity index (χ1n) is 4.85. The molecular formula is C9H17F2NO2. The van der Waals surface area contributed by atoms with Gasteiger partial charge in [0.25, 0.3) is 6.43 Å². The zero-order valence-electron chi connectivity index (χ0n) is 8.30. The lowest BCUT2D eigenvalue weighted by molar-refractivity contribution is -0.0648. The molecule has 0 aromatic rings. The number of aliphatic hydroxyl groups is 1. The first kappa shape index (κ1) is 11.8. The molecule has 3 nitrogen and oxygen atoms in total. The summed E-state index contributed by atoms with van der Waals surface area (Å²) in [7, 11) is 0. The van der Waals surface area contributed by atoms with E-state index in [4.69, 9.17) is 4.74 Å². The summed E-state index contributed by atoms with van der Waals surface area (Å²) in [6, 6.07) is -0.873. The Balaban J connectivity index is 2.28. The lowest BCUT2D eigenvalue weighted by Gasteiger charge is -2.33. The van der Waals surface area contributed by atoms with Crippen molar-refractivity contribution in [3.8, 4) is 0 Å². The van der Waals surface area contributed by atoms with Crippen molar-refractivity contribution in [3.05, 3.63) is 0 Å². The second-order valence-electron chi connectivity index (χ2n) is 3.84. The van der Waals surface area contributed by atoms with Crippen LogP contribution in [0.25, 0.3) is 0 Å². The molecular weight excluding hydrogens is 192 g/mol. The van der Waals surface area contributed by atoms with Crippen LogP contribution in [-0.2, 0) is 4.74 Å². The fraction of sp³-hybridized carbons (Fsp3) is 1.00. The molecule has 14 heavy (non-hydrogen) atoms. The second kappa shape index (κ2) is 5.00. The van der Waals surface area contributed by atoms with Crippen LogP contribution in [0, 0.1) is 0 Å². The van der Waals surface area contributed by atoms with E-state index in [9.17, 15) is 13.9 Å². The van der Waals surface area contributed by atoms with E-state index >= 15 is 0 Å². The largest absolute Gasteiger partial charge is 0.388 e. The van der Waals surface area contributed by atoms with E-state index in [-0.39, 0.29) is 6.54 Å². The van der Waals surface area contributed by atoms with Gasteiger partial charge in [-0.15, -0.1) is 0 Å². The summed E-state index contributed by atoms with van der Waals surface area (Å²) in [4.78, 5) is 0. The predicted octanol–water partition coefficient (Wildman–Crippen LogP) is 0.771. The quantitative estimate of drug-likeness (QED) is 0.718. The topological polar surface area (TPSA) is 41.5 Å². The normalized spacial score (nSPS) is 23.8. The molecule has 0 spiro atoms. The molecule has 0 bridgehead atoms. The number of nitrogens with one attached hydrogen (secondary N) is 1. The van der Waals surface area contributed by atoms with Gasteiger partial charge in [0.15, 0.2) is 0 Å². The van der Waals surface area contributed by atoms with Crippen LogP contribution < -0.4 is 5.32 Å². The van der Waals surface area contributed by atoms with Crippen molar-refractivity contribution >= 4 is 0 Å². The van der Waals surface area contributed by atoms with Gasteiger partial charge >= 0.3 is 0 Å². The number of hydrogen-bond acceptors (Lipinski definition) is 3. The van der Waals surface area contributed by atoms with Gasteiger partial charge in [0.1, 0.15) is 0 Å². The van der Waals surface area contributed by atoms with E-state index in [0.717, 1.165) is 0 Å². The van der Waals surface area contributed by atoms with Crippen molar-refractivity contribution in [1.82, 2.24) is 5.32 Å². The highest BCUT2D eigenvalue weighted by molar-refractivity contribution is 4.84. The summed E-state index contributed by atoms with van der Waals surface area (Å²) >= 11 is 0. The van der Waals surface area contributed by atoms with Gasteiger partial charge in [-0.05, 0) is 6.92 Å². The maximum Gasteiger partial charge on any atom is 0.253 e. The van der Waals surface area contributed by atoms with E-state index in [2.05, 4.69) is 5.32 Å². The van der Waals surface area contributed by atoms with Gasteiger partial charge in [0.2, 0.25) is 0 Å². The molecule has 1 fully saturated rings. The Morgan fingerprint density at radius 1 is 1.43 bits per heavy atom. The van der Waals surface area contributed by atoms with Gasteiger partial charge in [-0.2, -0.15) is 0 Å². The highest BCUT2D eigenvalue weighted by atomic mass is 19.3. The Morgan fingerprint density at radius 3 is 2.50 bits per heavy atom. The van der Waals surface area contributed by atoms with Crippen LogP contribution in [0.15, 0.2) is 0 Å². The molecule has 84 valence electrons. The molecule has 1 aliphatic rings. The molecule has 0 amide bonds. The first-order chi connectivity index (χ1) is 6.53. The van der Waals surface area contributed by atoms with Gasteiger partial charge in [-0.3, -0.25) is 0 Å². The minimum atomic E-state index is -2.39. The molecule has 1 aliphatic heterocycles. The molecule has 0 aromatic carbocycles. The Bertz CT molecular complexity index is 172. The van der Waals surface area contributed by atoms with Gasteiger partial charge in [0, 0.05) is 32.6 Å². The highest BCUT2D eigenvalue weighted by Crippen LogP contribution is 2.19. The van der Waals surface area contributed by atoms with Crippen LogP contribution in [0.4, 0.5) is 8.78 Å². The molecule has 2 N–H and O–H groups in total. The summed E-state index contributed by atoms with van der Waals surface area (Å²) in [5.74, 6) is 0. The molecule has 1 rings (SSSR count).